The van der Waals surface area contributed by atoms with E-state index in [9.17, 15) is 9.59 Å². The molecule has 0 unspecified atom stereocenters. The van der Waals surface area contributed by atoms with Gasteiger partial charge in [0.1, 0.15) is 11.7 Å². The van der Waals surface area contributed by atoms with Gasteiger partial charge in [-0.1, -0.05) is 26.8 Å². The molecule has 1 rings (SSSR count). The normalized spacial score (nSPS) is 12.7. The lowest BCUT2D eigenvalue weighted by Gasteiger charge is -2.28. The van der Waals surface area contributed by atoms with Crippen LogP contribution in [0.2, 0.25) is 0 Å². The number of hydrogen-bond donors (Lipinski definition) is 1. The van der Waals surface area contributed by atoms with Crippen LogP contribution in [-0.4, -0.2) is 30.0 Å². The lowest BCUT2D eigenvalue weighted by Crippen LogP contribution is -2.49. The fourth-order valence-electron chi connectivity index (χ4n) is 1.45. The fraction of sp³-hybridized carbons (Fsp3) is 0.462. The summed E-state index contributed by atoms with van der Waals surface area (Å²) in [5, 5.41) is 2.65. The molecule has 0 aliphatic rings. The summed E-state index contributed by atoms with van der Waals surface area (Å²) < 4.78 is 4.70. The van der Waals surface area contributed by atoms with Crippen molar-refractivity contribution in [3.05, 3.63) is 30.1 Å². The maximum Gasteiger partial charge on any atom is 0.328 e. The van der Waals surface area contributed by atoms with E-state index in [4.69, 9.17) is 4.74 Å². The van der Waals surface area contributed by atoms with Crippen molar-refractivity contribution >= 4 is 11.9 Å². The van der Waals surface area contributed by atoms with Crippen LogP contribution < -0.4 is 5.32 Å². The fourth-order valence-corrected chi connectivity index (χ4v) is 1.45. The highest BCUT2D eigenvalue weighted by Crippen LogP contribution is 2.20. The summed E-state index contributed by atoms with van der Waals surface area (Å²) in [6, 6.07) is 4.31. The lowest BCUT2D eigenvalue weighted by molar-refractivity contribution is -0.145. The lowest BCUT2D eigenvalue weighted by atomic mass is 9.86. The van der Waals surface area contributed by atoms with E-state index >= 15 is 0 Å². The second kappa shape index (κ2) is 5.62. The molecule has 5 heteroatoms. The molecule has 98 valence electrons. The van der Waals surface area contributed by atoms with Crippen molar-refractivity contribution in [1.29, 1.82) is 0 Å². The largest absolute Gasteiger partial charge is 0.467 e. The zero-order chi connectivity index (χ0) is 13.8. The molecule has 1 aromatic rings. The molecule has 0 spiro atoms. The first-order chi connectivity index (χ1) is 8.36. The first kappa shape index (κ1) is 14.2. The van der Waals surface area contributed by atoms with Crippen molar-refractivity contribution in [3.8, 4) is 0 Å². The molecule has 1 heterocycles. The molecule has 18 heavy (non-hydrogen) atoms. The van der Waals surface area contributed by atoms with E-state index in [2.05, 4.69) is 10.3 Å². The van der Waals surface area contributed by atoms with Crippen LogP contribution in [0.1, 0.15) is 31.3 Å². The van der Waals surface area contributed by atoms with Crippen LogP contribution >= 0.6 is 0 Å². The molecule has 1 aromatic heterocycles. The number of carbonyl (C=O) groups excluding carboxylic acids is 2. The predicted octanol–water partition coefficient (Wildman–Crippen LogP) is 1.40. The van der Waals surface area contributed by atoms with Crippen LogP contribution in [0.25, 0.3) is 0 Å². The second-order valence-electron chi connectivity index (χ2n) is 5.01. The summed E-state index contributed by atoms with van der Waals surface area (Å²) in [7, 11) is 1.30. The number of nitrogens with one attached hydrogen (secondary N) is 1. The number of methoxy groups -OCH3 is 1. The Morgan fingerprint density at radius 1 is 1.33 bits per heavy atom. The molecule has 0 saturated heterocycles. The monoisotopic (exact) mass is 250 g/mol. The minimum atomic E-state index is -0.711. The molecule has 0 fully saturated rings. The van der Waals surface area contributed by atoms with Gasteiger partial charge in [-0.25, -0.2) is 4.79 Å². The molecule has 5 nitrogen and oxygen atoms in total. The van der Waals surface area contributed by atoms with Crippen LogP contribution in [0, 0.1) is 5.41 Å². The number of amides is 1. The Labute approximate surface area is 107 Å². The summed E-state index contributed by atoms with van der Waals surface area (Å²) in [6.45, 7) is 5.56. The first-order valence-electron chi connectivity index (χ1n) is 5.66. The predicted molar refractivity (Wildman–Crippen MR) is 67.0 cm³/mol. The second-order valence-corrected chi connectivity index (χ2v) is 5.01. The van der Waals surface area contributed by atoms with E-state index in [1.807, 2.05) is 20.8 Å². The number of nitrogens with zero attached hydrogens (tertiary/aromatic N) is 1. The van der Waals surface area contributed by atoms with Gasteiger partial charge in [-0.2, -0.15) is 0 Å². The Morgan fingerprint density at radius 3 is 2.44 bits per heavy atom. The molecule has 0 aromatic carbocycles. The Morgan fingerprint density at radius 2 is 2.00 bits per heavy atom. The SMILES string of the molecule is COC(=O)[C@@H](NC(=O)c1ccccn1)C(C)(C)C. The van der Waals surface area contributed by atoms with Gasteiger partial charge in [0.25, 0.3) is 5.91 Å². The maximum absolute atomic E-state index is 11.9. The Bertz CT molecular complexity index is 424. The van der Waals surface area contributed by atoms with E-state index in [0.717, 1.165) is 0 Å². The van der Waals surface area contributed by atoms with Crippen LogP contribution in [0.4, 0.5) is 0 Å². The van der Waals surface area contributed by atoms with E-state index < -0.39 is 17.4 Å². The first-order valence-corrected chi connectivity index (χ1v) is 5.66. The van der Waals surface area contributed by atoms with Gasteiger partial charge in [0, 0.05) is 6.20 Å². The topological polar surface area (TPSA) is 68.3 Å². The summed E-state index contributed by atoms with van der Waals surface area (Å²) in [6.07, 6.45) is 1.53. The number of hydrogen-bond acceptors (Lipinski definition) is 4. The smallest absolute Gasteiger partial charge is 0.328 e. The van der Waals surface area contributed by atoms with Crippen molar-refractivity contribution in [1.82, 2.24) is 10.3 Å². The van der Waals surface area contributed by atoms with E-state index in [1.165, 1.54) is 13.3 Å². The summed E-state index contributed by atoms with van der Waals surface area (Å²) in [4.78, 5) is 27.5. The standard InChI is InChI=1S/C13H18N2O3/c1-13(2,3)10(12(17)18-4)15-11(16)9-7-5-6-8-14-9/h5-8,10H,1-4H3,(H,15,16)/t10-/m1/s1. The molecule has 1 N–H and O–H groups in total. The number of carbonyl (C=O) groups is 2. The van der Waals surface area contributed by atoms with Gasteiger partial charge < -0.3 is 10.1 Å². The van der Waals surface area contributed by atoms with Crippen molar-refractivity contribution in [2.24, 2.45) is 5.41 Å². The minimum Gasteiger partial charge on any atom is -0.467 e. The van der Waals surface area contributed by atoms with Crippen LogP contribution in [0.3, 0.4) is 0 Å². The average molecular weight is 250 g/mol. The Balaban J connectivity index is 2.86. The van der Waals surface area contributed by atoms with Gasteiger partial charge in [0.2, 0.25) is 0 Å². The summed E-state index contributed by atoms with van der Waals surface area (Å²) >= 11 is 0. The van der Waals surface area contributed by atoms with Crippen molar-refractivity contribution in [2.75, 3.05) is 7.11 Å². The van der Waals surface area contributed by atoms with Gasteiger partial charge >= 0.3 is 5.97 Å². The zero-order valence-electron chi connectivity index (χ0n) is 11.1. The number of pyridine rings is 1. The zero-order valence-corrected chi connectivity index (χ0v) is 11.1. The molecular weight excluding hydrogens is 232 g/mol. The third-order valence-electron chi connectivity index (χ3n) is 2.48. The molecule has 1 amide bonds. The van der Waals surface area contributed by atoms with E-state index in [-0.39, 0.29) is 11.6 Å². The minimum absolute atomic E-state index is 0.274. The number of ether oxygens (including phenoxy) is 1. The summed E-state index contributed by atoms with van der Waals surface area (Å²) in [5.74, 6) is -0.854. The Hall–Kier alpha value is -1.91. The van der Waals surface area contributed by atoms with Crippen molar-refractivity contribution in [3.63, 3.8) is 0 Å². The van der Waals surface area contributed by atoms with E-state index in [0.29, 0.717) is 0 Å². The van der Waals surface area contributed by atoms with E-state index in [1.54, 1.807) is 18.2 Å². The van der Waals surface area contributed by atoms with Gasteiger partial charge in [-0.15, -0.1) is 0 Å². The van der Waals surface area contributed by atoms with Crippen LogP contribution in [-0.2, 0) is 9.53 Å². The summed E-state index contributed by atoms with van der Waals surface area (Å²) in [5.41, 5.74) is -0.159. The molecule has 0 bridgehead atoms. The third kappa shape index (κ3) is 3.55. The number of aromatic nitrogens is 1. The molecule has 0 saturated carbocycles. The van der Waals surface area contributed by atoms with Crippen molar-refractivity contribution < 1.29 is 14.3 Å². The van der Waals surface area contributed by atoms with Gasteiger partial charge in [0.15, 0.2) is 0 Å². The molecule has 0 radical (unpaired) electrons. The highest BCUT2D eigenvalue weighted by Gasteiger charge is 2.33. The molecule has 0 aliphatic heterocycles. The quantitative estimate of drug-likeness (QED) is 0.823. The molecule has 1 atom stereocenters. The number of rotatable bonds is 3. The highest BCUT2D eigenvalue weighted by atomic mass is 16.5. The third-order valence-corrected chi connectivity index (χ3v) is 2.48. The highest BCUT2D eigenvalue weighted by molar-refractivity contribution is 5.95. The van der Waals surface area contributed by atoms with Gasteiger partial charge in [-0.05, 0) is 17.5 Å². The number of esters is 1. The Kier molecular flexibility index (Phi) is 4.42. The van der Waals surface area contributed by atoms with Crippen LogP contribution in [0.5, 0.6) is 0 Å². The van der Waals surface area contributed by atoms with Gasteiger partial charge in [-0.3, -0.25) is 9.78 Å². The molecular formula is C13H18N2O3. The maximum atomic E-state index is 11.9. The van der Waals surface area contributed by atoms with Crippen LogP contribution in [0.15, 0.2) is 24.4 Å². The van der Waals surface area contributed by atoms with Crippen molar-refractivity contribution in [2.45, 2.75) is 26.8 Å². The average Bonchev–Trinajstić information content (AvgIpc) is 2.34. The van der Waals surface area contributed by atoms with Gasteiger partial charge in [0.05, 0.1) is 7.11 Å². The molecule has 0 aliphatic carbocycles.